The van der Waals surface area contributed by atoms with Crippen molar-refractivity contribution in [1.82, 2.24) is 15.5 Å². The van der Waals surface area contributed by atoms with Crippen molar-refractivity contribution in [3.05, 3.63) is 17.0 Å². The van der Waals surface area contributed by atoms with Crippen molar-refractivity contribution in [2.24, 2.45) is 5.73 Å². The molecule has 1 rings (SSSR count). The molecule has 0 aromatic carbocycles. The molecule has 1 aromatic heterocycles. The van der Waals surface area contributed by atoms with Crippen molar-refractivity contribution in [2.75, 3.05) is 6.54 Å². The normalized spacial score (nSPS) is 11.5. The van der Waals surface area contributed by atoms with E-state index in [4.69, 9.17) is 5.73 Å². The zero-order valence-electron chi connectivity index (χ0n) is 9.64. The number of amides is 1. The minimum absolute atomic E-state index is 0.130. The molecule has 1 amide bonds. The molecule has 84 valence electrons. The zero-order valence-corrected chi connectivity index (χ0v) is 9.64. The Morgan fingerprint density at radius 2 is 2.13 bits per heavy atom. The standard InChI is InChI=1S/C10H18N4O/c1-6-8(7(2)14-13-6)9(15)12-10(3,4)5-11/h5,11H2,1-4H3,(H,12,15)(H,13,14). The molecule has 15 heavy (non-hydrogen) atoms. The number of nitrogens with one attached hydrogen (secondary N) is 2. The highest BCUT2D eigenvalue weighted by Crippen LogP contribution is 2.10. The maximum atomic E-state index is 11.9. The number of hydrogen-bond acceptors (Lipinski definition) is 3. The fourth-order valence-electron chi connectivity index (χ4n) is 1.31. The molecule has 0 fully saturated rings. The topological polar surface area (TPSA) is 83.8 Å². The van der Waals surface area contributed by atoms with Crippen LogP contribution in [0.1, 0.15) is 35.6 Å². The smallest absolute Gasteiger partial charge is 0.255 e. The van der Waals surface area contributed by atoms with Gasteiger partial charge in [0.2, 0.25) is 0 Å². The van der Waals surface area contributed by atoms with Gasteiger partial charge in [-0.05, 0) is 27.7 Å². The van der Waals surface area contributed by atoms with Gasteiger partial charge in [0.25, 0.3) is 5.91 Å². The summed E-state index contributed by atoms with van der Waals surface area (Å²) in [4.78, 5) is 11.9. The zero-order chi connectivity index (χ0) is 11.6. The summed E-state index contributed by atoms with van der Waals surface area (Å²) in [7, 11) is 0. The second-order valence-corrected chi connectivity index (χ2v) is 4.35. The first-order chi connectivity index (χ1) is 6.87. The maximum Gasteiger partial charge on any atom is 0.255 e. The van der Waals surface area contributed by atoms with E-state index >= 15 is 0 Å². The number of nitrogens with zero attached hydrogens (tertiary/aromatic N) is 1. The van der Waals surface area contributed by atoms with Crippen LogP contribution >= 0.6 is 0 Å². The largest absolute Gasteiger partial charge is 0.346 e. The predicted molar refractivity (Wildman–Crippen MR) is 58.7 cm³/mol. The second kappa shape index (κ2) is 4.02. The Hall–Kier alpha value is -1.36. The van der Waals surface area contributed by atoms with Gasteiger partial charge in [-0.1, -0.05) is 0 Å². The lowest BCUT2D eigenvalue weighted by atomic mass is 10.0. The summed E-state index contributed by atoms with van der Waals surface area (Å²) >= 11 is 0. The molecule has 0 spiro atoms. The van der Waals surface area contributed by atoms with Crippen LogP contribution in [0.15, 0.2) is 0 Å². The highest BCUT2D eigenvalue weighted by molar-refractivity contribution is 5.96. The quantitative estimate of drug-likeness (QED) is 0.679. The molecule has 5 heteroatoms. The number of carbonyl (C=O) groups excluding carboxylic acids is 1. The molecule has 5 nitrogen and oxygen atoms in total. The molecule has 0 aliphatic rings. The van der Waals surface area contributed by atoms with Crippen molar-refractivity contribution in [3.8, 4) is 0 Å². The SMILES string of the molecule is Cc1n[nH]c(C)c1C(=O)NC(C)(C)CN. The van der Waals surface area contributed by atoms with E-state index in [9.17, 15) is 4.79 Å². The van der Waals surface area contributed by atoms with E-state index in [0.29, 0.717) is 17.8 Å². The number of nitrogens with two attached hydrogens (primary N) is 1. The summed E-state index contributed by atoms with van der Waals surface area (Å²) in [5.41, 5.74) is 7.24. The van der Waals surface area contributed by atoms with Crippen molar-refractivity contribution < 1.29 is 4.79 Å². The molecule has 1 aromatic rings. The third-order valence-electron chi connectivity index (χ3n) is 2.32. The van der Waals surface area contributed by atoms with Gasteiger partial charge in [0, 0.05) is 17.8 Å². The molecule has 0 aliphatic heterocycles. The van der Waals surface area contributed by atoms with Gasteiger partial charge in [-0.2, -0.15) is 5.10 Å². The fraction of sp³-hybridized carbons (Fsp3) is 0.600. The first-order valence-corrected chi connectivity index (χ1v) is 4.91. The lowest BCUT2D eigenvalue weighted by Gasteiger charge is -2.24. The molecule has 0 radical (unpaired) electrons. The average Bonchev–Trinajstić information content (AvgIpc) is 2.45. The fourth-order valence-corrected chi connectivity index (χ4v) is 1.31. The summed E-state index contributed by atoms with van der Waals surface area (Å²) in [6, 6.07) is 0. The summed E-state index contributed by atoms with van der Waals surface area (Å²) < 4.78 is 0. The van der Waals surface area contributed by atoms with Gasteiger partial charge in [0.05, 0.1) is 11.3 Å². The number of H-pyrrole nitrogens is 1. The van der Waals surface area contributed by atoms with Gasteiger partial charge in [-0.3, -0.25) is 9.89 Å². The van der Waals surface area contributed by atoms with Gasteiger partial charge in [-0.15, -0.1) is 0 Å². The van der Waals surface area contributed by atoms with Gasteiger partial charge >= 0.3 is 0 Å². The van der Waals surface area contributed by atoms with E-state index in [0.717, 1.165) is 5.69 Å². The van der Waals surface area contributed by atoms with Gasteiger partial charge < -0.3 is 11.1 Å². The van der Waals surface area contributed by atoms with Crippen molar-refractivity contribution in [3.63, 3.8) is 0 Å². The summed E-state index contributed by atoms with van der Waals surface area (Å²) in [5, 5.41) is 9.62. The molecule has 0 aliphatic carbocycles. The highest BCUT2D eigenvalue weighted by Gasteiger charge is 2.22. The van der Waals surface area contributed by atoms with Crippen LogP contribution in [0.2, 0.25) is 0 Å². The predicted octanol–water partition coefficient (Wildman–Crippen LogP) is 0.494. The Morgan fingerprint density at radius 1 is 1.53 bits per heavy atom. The van der Waals surface area contributed by atoms with Crippen LogP contribution in [0.5, 0.6) is 0 Å². The van der Waals surface area contributed by atoms with Crippen molar-refractivity contribution >= 4 is 5.91 Å². The molecular weight excluding hydrogens is 192 g/mol. The number of rotatable bonds is 3. The second-order valence-electron chi connectivity index (χ2n) is 4.35. The molecule has 0 bridgehead atoms. The number of carbonyl (C=O) groups is 1. The Labute approximate surface area is 89.4 Å². The minimum Gasteiger partial charge on any atom is -0.346 e. The first kappa shape index (κ1) is 11.7. The first-order valence-electron chi connectivity index (χ1n) is 4.91. The third kappa shape index (κ3) is 2.56. The van der Waals surface area contributed by atoms with Crippen LogP contribution in [0.4, 0.5) is 0 Å². The van der Waals surface area contributed by atoms with E-state index in [2.05, 4.69) is 15.5 Å². The van der Waals surface area contributed by atoms with E-state index in [1.165, 1.54) is 0 Å². The van der Waals surface area contributed by atoms with Crippen LogP contribution in [0.25, 0.3) is 0 Å². The van der Waals surface area contributed by atoms with Crippen molar-refractivity contribution in [1.29, 1.82) is 0 Å². The summed E-state index contributed by atoms with van der Waals surface area (Å²) in [6.45, 7) is 7.79. The number of hydrogen-bond donors (Lipinski definition) is 3. The summed E-state index contributed by atoms with van der Waals surface area (Å²) in [6.07, 6.45) is 0. The number of aromatic amines is 1. The molecular formula is C10H18N4O. The van der Waals surface area contributed by atoms with E-state index in [1.807, 2.05) is 20.8 Å². The van der Waals surface area contributed by atoms with Crippen LogP contribution in [0.3, 0.4) is 0 Å². The van der Waals surface area contributed by atoms with Gasteiger partial charge in [0.1, 0.15) is 0 Å². The number of aryl methyl sites for hydroxylation is 2. The molecule has 0 saturated heterocycles. The van der Waals surface area contributed by atoms with Crippen molar-refractivity contribution in [2.45, 2.75) is 33.2 Å². The molecule has 0 saturated carbocycles. The van der Waals surface area contributed by atoms with Crippen LogP contribution < -0.4 is 11.1 Å². The molecule has 1 heterocycles. The number of aromatic nitrogens is 2. The molecule has 0 unspecified atom stereocenters. The van der Waals surface area contributed by atoms with E-state index < -0.39 is 5.54 Å². The minimum atomic E-state index is -0.396. The average molecular weight is 210 g/mol. The summed E-state index contributed by atoms with van der Waals surface area (Å²) in [5.74, 6) is -0.130. The Bertz CT molecular complexity index is 348. The Kier molecular flexibility index (Phi) is 3.14. The van der Waals surface area contributed by atoms with Crippen LogP contribution in [-0.4, -0.2) is 28.2 Å². The maximum absolute atomic E-state index is 11.9. The highest BCUT2D eigenvalue weighted by atomic mass is 16.1. The molecule has 4 N–H and O–H groups in total. The lowest BCUT2D eigenvalue weighted by molar-refractivity contribution is 0.0914. The Balaban J connectivity index is 2.87. The molecule has 0 atom stereocenters. The van der Waals surface area contributed by atoms with E-state index in [-0.39, 0.29) is 5.91 Å². The van der Waals surface area contributed by atoms with E-state index in [1.54, 1.807) is 6.92 Å². The van der Waals surface area contributed by atoms with Gasteiger partial charge in [-0.25, -0.2) is 0 Å². The monoisotopic (exact) mass is 210 g/mol. The third-order valence-corrected chi connectivity index (χ3v) is 2.32. The van der Waals surface area contributed by atoms with Gasteiger partial charge in [0.15, 0.2) is 0 Å². The van der Waals surface area contributed by atoms with Crippen LogP contribution in [-0.2, 0) is 0 Å². The lowest BCUT2D eigenvalue weighted by Crippen LogP contribution is -2.49. The van der Waals surface area contributed by atoms with Crippen LogP contribution in [0, 0.1) is 13.8 Å². The Morgan fingerprint density at radius 3 is 2.53 bits per heavy atom.